The Morgan fingerprint density at radius 3 is 1.27 bits per heavy atom. The highest BCUT2D eigenvalue weighted by molar-refractivity contribution is 8.33. The van der Waals surface area contributed by atoms with Crippen LogP contribution in [0.5, 0.6) is 11.5 Å². The summed E-state index contributed by atoms with van der Waals surface area (Å²) in [6.07, 6.45) is -13.7. The van der Waals surface area contributed by atoms with Crippen molar-refractivity contribution in [2.24, 2.45) is 9.98 Å². The van der Waals surface area contributed by atoms with Crippen LogP contribution in [0.2, 0.25) is 0 Å². The van der Waals surface area contributed by atoms with Crippen LogP contribution >= 0.6 is 0 Å². The summed E-state index contributed by atoms with van der Waals surface area (Å²) >= 11 is 0. The topological polar surface area (TPSA) is 99.3 Å². The van der Waals surface area contributed by atoms with Gasteiger partial charge in [-0.25, -0.2) is 0 Å². The Kier molecular flexibility index (Phi) is 31.4. The number of nitrogens with one attached hydrogen (secondary N) is 1. The lowest BCUT2D eigenvalue weighted by Gasteiger charge is -2.55. The second kappa shape index (κ2) is 34.7. The van der Waals surface area contributed by atoms with Crippen molar-refractivity contribution in [2.45, 2.75) is 18.9 Å². The zero-order valence-electron chi connectivity index (χ0n) is 43.6. The van der Waals surface area contributed by atoms with Crippen molar-refractivity contribution < 1.29 is 14.3 Å². The number of benzene rings is 2. The molecule has 0 fully saturated rings. The van der Waals surface area contributed by atoms with Crippen molar-refractivity contribution in [1.82, 2.24) is 0 Å². The number of aldehydes is 1. The Labute approximate surface area is 499 Å². The first-order valence-electron chi connectivity index (χ1n) is 25.2. The second-order valence-electron chi connectivity index (χ2n) is 19.3. The smallest absolute Gasteiger partial charge is 0.168 e. The van der Waals surface area contributed by atoms with E-state index < -0.39 is 128 Å². The summed E-state index contributed by atoms with van der Waals surface area (Å²) < 4.78 is 11.0. The number of hydrogen-bond acceptors (Lipinski definition) is 8. The Morgan fingerprint density at radius 1 is 0.506 bits per heavy atom. The van der Waals surface area contributed by atoms with Crippen LogP contribution < -0.4 is 19.7 Å². The Balaban J connectivity index is 0.000000350. The summed E-state index contributed by atoms with van der Waals surface area (Å²) in [7, 11) is 138. The average molecular weight is 924 g/mol. The molecular weight excluding hydrogens is 896 g/mol. The molecule has 0 bridgehead atoms. The molecule has 0 spiro atoms. The molecule has 0 saturated carbocycles. The van der Waals surface area contributed by atoms with Crippen molar-refractivity contribution in [3.63, 3.8) is 0 Å². The zero-order chi connectivity index (χ0) is 57.8. The molecule has 6 rings (SSSR count). The minimum absolute atomic E-state index is 0.325. The van der Waals surface area contributed by atoms with Gasteiger partial charge in [0.1, 0.15) is 24.7 Å². The first-order chi connectivity index (χ1) is 36.3. The molecule has 44 radical (unpaired) electrons. The molecule has 2 aromatic rings. The SMILES string of the molecule is N#CC(C1=CCC=N1)N1CCOc2ccccc21.O=CC1=CCC=N1.[B]B([B])B(B([B])[B])B(B([B])[B])B(B(B(B([B])[B])B([B])[B])B(B([B])[B])B([B])[B])B(B(B([B])[B])B([B])[B])B(B([B])[B])B([B])[B].c1ccc2c(c1)NCCO2. The van der Waals surface area contributed by atoms with Crippen LogP contribution in [-0.4, -0.2) is 349 Å². The first kappa shape index (κ1) is 69.6. The number of carbonyl (C=O) groups is 1. The quantitative estimate of drug-likeness (QED) is 0.0933. The van der Waals surface area contributed by atoms with Crippen LogP contribution in [0.1, 0.15) is 12.8 Å². The van der Waals surface area contributed by atoms with Crippen LogP contribution in [-0.2, 0) is 4.79 Å². The van der Waals surface area contributed by atoms with Crippen LogP contribution in [0.15, 0.2) is 82.1 Å². The fraction of sp³-hybridized carbons (Fsp3) is 0.259. The zero-order valence-corrected chi connectivity index (χ0v) is 43.6. The normalized spacial score (nSPS) is 13.1. The van der Waals surface area contributed by atoms with E-state index in [1.54, 1.807) is 12.3 Å². The highest BCUT2D eigenvalue weighted by Gasteiger charge is 2.57. The number of para-hydroxylation sites is 4. The molecule has 1 N–H and O–H groups in total. The highest BCUT2D eigenvalue weighted by Crippen LogP contribution is 2.34. The van der Waals surface area contributed by atoms with E-state index in [2.05, 4.69) is 26.3 Å². The van der Waals surface area contributed by atoms with Crippen molar-refractivity contribution in [3.05, 3.63) is 72.1 Å². The minimum atomic E-state index is -1.30. The molecule has 0 aliphatic carbocycles. The van der Waals surface area contributed by atoms with Crippen molar-refractivity contribution in [2.75, 3.05) is 36.5 Å². The number of nitrogens with zero attached hydrogens (tertiary/aromatic N) is 4. The molecule has 4 aliphatic heterocycles. The van der Waals surface area contributed by atoms with Gasteiger partial charge in [-0.2, -0.15) is 5.26 Å². The summed E-state index contributed by atoms with van der Waals surface area (Å²) in [5.41, 5.74) is 3.47. The summed E-state index contributed by atoms with van der Waals surface area (Å²) in [5.74, 6) is 1.81. The summed E-state index contributed by atoms with van der Waals surface area (Å²) in [6.45, 7) is 3.00. The third kappa shape index (κ3) is 20.0. The lowest BCUT2D eigenvalue weighted by atomic mass is 8.27. The number of aliphatic imine (C=N–C) groups is 2. The largest absolute Gasteiger partial charge is 0.490 e. The van der Waals surface area contributed by atoms with Crippen molar-refractivity contribution in [3.8, 4) is 17.6 Å². The van der Waals surface area contributed by atoms with Gasteiger partial charge < -0.3 is 19.7 Å². The van der Waals surface area contributed by atoms with E-state index in [0.717, 1.165) is 60.9 Å². The maximum absolute atomic E-state index is 9.83. The number of nitriles is 1. The van der Waals surface area contributed by atoms with Gasteiger partial charge in [0, 0.05) is 330 Å². The van der Waals surface area contributed by atoms with Gasteiger partial charge in [0.2, 0.25) is 0 Å². The lowest BCUT2D eigenvalue weighted by Crippen LogP contribution is -2.93. The molecular formula is C27H27B42N5O3. The van der Waals surface area contributed by atoms with E-state index >= 15 is 0 Å². The number of carbonyl (C=O) groups excluding carboxylic acids is 1. The Hall–Kier alpha value is -1.65. The second-order valence-corrected chi connectivity index (χ2v) is 19.3. The maximum Gasteiger partial charge on any atom is 0.168 e. The number of allylic oxidation sites excluding steroid dienone is 3. The lowest BCUT2D eigenvalue weighted by molar-refractivity contribution is -0.104. The van der Waals surface area contributed by atoms with E-state index in [1.165, 1.54) is 0 Å². The minimum Gasteiger partial charge on any atom is -0.490 e. The summed E-state index contributed by atoms with van der Waals surface area (Å²) in [5, 5.41) is 12.7. The molecule has 4 aliphatic rings. The van der Waals surface area contributed by atoms with Gasteiger partial charge in [0.25, 0.3) is 0 Å². The standard InChI is InChI=1S/C14H13N3O.C8H9NO.C5H5NO.B42/c15-10-13(11-4-3-7-16-11)17-8-9-18-14-6-2-1-5-12(14)17;1-2-4-8-7(3-1)9-5-6-10-8;7-4-5-2-1-3-6-5;1-23(2)34(24(3)4)39(33(21)22)42(40(35(25(5)6)26(7)8)36(27(9)10)28(11)12)41(37(29(13)14)30(15)16)38(31(17)18)32(19)20/h1-2,4-7,13H,3,8-9H2;1-4,9H,5-6H2;2-4H,1H2;. The van der Waals surface area contributed by atoms with Crippen LogP contribution in [0, 0.1) is 11.3 Å². The highest BCUT2D eigenvalue weighted by atomic mass is 16.5. The van der Waals surface area contributed by atoms with E-state index in [4.69, 9.17) is 180 Å². The van der Waals surface area contributed by atoms with Crippen molar-refractivity contribution >= 4 is 328 Å². The monoisotopic (exact) mass is 932 g/mol. The molecule has 8 nitrogen and oxygen atoms in total. The number of fused-ring (bicyclic) bond motifs is 2. The van der Waals surface area contributed by atoms with Crippen LogP contribution in [0.4, 0.5) is 11.4 Å². The molecule has 0 amide bonds. The third-order valence-corrected chi connectivity index (χ3v) is 14.0. The fourth-order valence-corrected chi connectivity index (χ4v) is 10.8. The molecule has 304 valence electrons. The van der Waals surface area contributed by atoms with Gasteiger partial charge >= 0.3 is 0 Å². The molecule has 1 atom stereocenters. The van der Waals surface area contributed by atoms with Gasteiger partial charge in [0.15, 0.2) is 12.3 Å². The molecule has 77 heavy (non-hydrogen) atoms. The van der Waals surface area contributed by atoms with Gasteiger partial charge in [-0.15, -0.1) is 0 Å². The molecule has 4 heterocycles. The van der Waals surface area contributed by atoms with E-state index in [9.17, 15) is 10.1 Å². The number of ether oxygens (including phenoxy) is 2. The number of rotatable bonds is 22. The van der Waals surface area contributed by atoms with E-state index in [1.807, 2.05) is 60.8 Å². The molecule has 0 aromatic heterocycles. The summed E-state index contributed by atoms with van der Waals surface area (Å²) in [4.78, 5) is 19.9. The van der Waals surface area contributed by atoms with Crippen LogP contribution in [0.3, 0.4) is 0 Å². The van der Waals surface area contributed by atoms with Gasteiger partial charge in [-0.1, -0.05) is 36.4 Å². The number of hydrogen-bond donors (Lipinski definition) is 1. The average Bonchev–Trinajstić information content (AvgIpc) is 4.10. The van der Waals surface area contributed by atoms with Gasteiger partial charge in [-0.05, 0) is 24.3 Å². The van der Waals surface area contributed by atoms with Crippen molar-refractivity contribution in [1.29, 1.82) is 5.26 Å². The fourth-order valence-electron chi connectivity index (χ4n) is 10.8. The molecule has 50 heteroatoms. The van der Waals surface area contributed by atoms with Crippen LogP contribution in [0.25, 0.3) is 0 Å². The molecule has 2 aromatic carbocycles. The molecule has 1 unspecified atom stereocenters. The Morgan fingerprint density at radius 2 is 0.896 bits per heavy atom. The summed E-state index contributed by atoms with van der Waals surface area (Å²) in [6, 6.07) is 17.8. The third-order valence-electron chi connectivity index (χ3n) is 14.0. The Bertz CT molecular complexity index is 2110. The van der Waals surface area contributed by atoms with E-state index in [0.29, 0.717) is 18.8 Å². The predicted molar refractivity (Wildman–Crippen MR) is 379 cm³/mol. The van der Waals surface area contributed by atoms with Gasteiger partial charge in [-0.3, -0.25) is 14.8 Å². The van der Waals surface area contributed by atoms with Gasteiger partial charge in [0.05, 0.1) is 35.4 Å². The first-order valence-corrected chi connectivity index (χ1v) is 25.2. The predicted octanol–water partition coefficient (Wildman–Crippen LogP) is -11.8. The van der Waals surface area contributed by atoms with E-state index in [-0.39, 0.29) is 6.04 Å². The maximum atomic E-state index is 9.83. The number of anilines is 2. The molecule has 0 saturated heterocycles.